The first-order chi connectivity index (χ1) is 9.15. The lowest BCUT2D eigenvalue weighted by Crippen LogP contribution is -2.37. The maximum atomic E-state index is 10.6. The summed E-state index contributed by atoms with van der Waals surface area (Å²) < 4.78 is 0. The highest BCUT2D eigenvalue weighted by Crippen LogP contribution is 2.25. The Morgan fingerprint density at radius 3 is 2.58 bits per heavy atom. The van der Waals surface area contributed by atoms with Crippen molar-refractivity contribution < 1.29 is 9.90 Å². The molecule has 0 aliphatic heterocycles. The van der Waals surface area contributed by atoms with E-state index in [9.17, 15) is 4.79 Å². The maximum Gasteiger partial charge on any atom is 0.404 e. The smallest absolute Gasteiger partial charge is 0.404 e. The standard InChI is InChI=1S/C14H21N3O2/c15-12-3-1-2-4-13(12)16-9-10-5-7-11(8-6-10)17-14(18)19/h1-4,10-11,16-17H,5-9,15H2,(H,18,19). The number of benzene rings is 1. The van der Waals surface area contributed by atoms with Gasteiger partial charge in [0.15, 0.2) is 0 Å². The van der Waals surface area contributed by atoms with Crippen LogP contribution in [-0.4, -0.2) is 23.8 Å². The van der Waals surface area contributed by atoms with E-state index in [0.29, 0.717) is 5.92 Å². The Hall–Kier alpha value is -1.91. The van der Waals surface area contributed by atoms with Gasteiger partial charge in [-0.15, -0.1) is 0 Å². The van der Waals surface area contributed by atoms with Crippen molar-refractivity contribution in [3.8, 4) is 0 Å². The summed E-state index contributed by atoms with van der Waals surface area (Å²) >= 11 is 0. The Bertz CT molecular complexity index is 428. The molecule has 19 heavy (non-hydrogen) atoms. The molecule has 1 aromatic carbocycles. The molecule has 5 nitrogen and oxygen atoms in total. The fourth-order valence-corrected chi connectivity index (χ4v) is 2.60. The number of carboxylic acid groups (broad SMARTS) is 1. The molecule has 0 unspecified atom stereocenters. The van der Waals surface area contributed by atoms with Gasteiger partial charge in [0.1, 0.15) is 0 Å². The van der Waals surface area contributed by atoms with Crippen LogP contribution < -0.4 is 16.4 Å². The van der Waals surface area contributed by atoms with E-state index in [1.54, 1.807) is 0 Å². The number of nitrogens with one attached hydrogen (secondary N) is 2. The summed E-state index contributed by atoms with van der Waals surface area (Å²) in [5, 5.41) is 14.6. The largest absolute Gasteiger partial charge is 0.465 e. The van der Waals surface area contributed by atoms with Crippen LogP contribution in [0.5, 0.6) is 0 Å². The van der Waals surface area contributed by atoms with Gasteiger partial charge < -0.3 is 21.5 Å². The highest BCUT2D eigenvalue weighted by atomic mass is 16.4. The van der Waals surface area contributed by atoms with Gasteiger partial charge in [0.05, 0.1) is 11.4 Å². The van der Waals surface area contributed by atoms with Crippen molar-refractivity contribution in [1.29, 1.82) is 0 Å². The van der Waals surface area contributed by atoms with Gasteiger partial charge in [-0.05, 0) is 43.7 Å². The number of hydrogen-bond acceptors (Lipinski definition) is 3. The van der Waals surface area contributed by atoms with Gasteiger partial charge in [-0.25, -0.2) is 4.79 Å². The Morgan fingerprint density at radius 2 is 1.95 bits per heavy atom. The molecule has 0 radical (unpaired) electrons. The molecule has 2 rings (SSSR count). The molecule has 1 aliphatic rings. The highest BCUT2D eigenvalue weighted by molar-refractivity contribution is 5.65. The van der Waals surface area contributed by atoms with E-state index in [2.05, 4.69) is 10.6 Å². The molecule has 0 aromatic heterocycles. The summed E-state index contributed by atoms with van der Waals surface area (Å²) in [6, 6.07) is 7.87. The zero-order chi connectivity index (χ0) is 13.7. The van der Waals surface area contributed by atoms with Crippen LogP contribution in [0.1, 0.15) is 25.7 Å². The van der Waals surface area contributed by atoms with Crippen molar-refractivity contribution in [2.75, 3.05) is 17.6 Å². The summed E-state index contributed by atoms with van der Waals surface area (Å²) in [6.07, 6.45) is 3.01. The van der Waals surface area contributed by atoms with Gasteiger partial charge in [0, 0.05) is 12.6 Å². The minimum Gasteiger partial charge on any atom is -0.465 e. The Kier molecular flexibility index (Phi) is 4.49. The second-order valence-electron chi connectivity index (χ2n) is 5.14. The van der Waals surface area contributed by atoms with Crippen LogP contribution in [0.4, 0.5) is 16.2 Å². The number of hydrogen-bond donors (Lipinski definition) is 4. The lowest BCUT2D eigenvalue weighted by atomic mass is 9.86. The van der Waals surface area contributed by atoms with Gasteiger partial charge >= 0.3 is 6.09 Å². The van der Waals surface area contributed by atoms with Gasteiger partial charge in [-0.2, -0.15) is 0 Å². The Morgan fingerprint density at radius 1 is 1.26 bits per heavy atom. The maximum absolute atomic E-state index is 10.6. The predicted octanol–water partition coefficient (Wildman–Crippen LogP) is 2.51. The van der Waals surface area contributed by atoms with E-state index < -0.39 is 6.09 Å². The van der Waals surface area contributed by atoms with Crippen molar-refractivity contribution >= 4 is 17.5 Å². The topological polar surface area (TPSA) is 87.4 Å². The van der Waals surface area contributed by atoms with Gasteiger partial charge in [0.25, 0.3) is 0 Å². The first-order valence-electron chi connectivity index (χ1n) is 6.73. The molecule has 1 fully saturated rings. The monoisotopic (exact) mass is 263 g/mol. The molecule has 1 amide bonds. The van der Waals surface area contributed by atoms with Gasteiger partial charge in [0.2, 0.25) is 0 Å². The summed E-state index contributed by atoms with van der Waals surface area (Å²) in [5.41, 5.74) is 7.62. The van der Waals surface area contributed by atoms with Crippen LogP contribution in [0.3, 0.4) is 0 Å². The Labute approximate surface area is 113 Å². The fraction of sp³-hybridized carbons (Fsp3) is 0.500. The molecule has 1 saturated carbocycles. The first kappa shape index (κ1) is 13.5. The lowest BCUT2D eigenvalue weighted by Gasteiger charge is -2.28. The summed E-state index contributed by atoms with van der Waals surface area (Å²) in [4.78, 5) is 10.6. The average molecular weight is 263 g/mol. The average Bonchev–Trinajstić information content (AvgIpc) is 2.39. The van der Waals surface area contributed by atoms with Crippen LogP contribution in [0.15, 0.2) is 24.3 Å². The summed E-state index contributed by atoms with van der Waals surface area (Å²) in [7, 11) is 0. The summed E-state index contributed by atoms with van der Waals surface area (Å²) in [6.45, 7) is 0.897. The van der Waals surface area contributed by atoms with Crippen molar-refractivity contribution in [3.63, 3.8) is 0 Å². The molecular weight excluding hydrogens is 242 g/mol. The number of nitrogens with two attached hydrogens (primary N) is 1. The third kappa shape index (κ3) is 4.05. The molecular formula is C14H21N3O2. The summed E-state index contributed by atoms with van der Waals surface area (Å²) in [5.74, 6) is 0.589. The number of anilines is 2. The van der Waals surface area contributed by atoms with Crippen molar-refractivity contribution in [1.82, 2.24) is 5.32 Å². The quantitative estimate of drug-likeness (QED) is 0.629. The molecule has 0 spiro atoms. The van der Waals surface area contributed by atoms with Crippen LogP contribution >= 0.6 is 0 Å². The van der Waals surface area contributed by atoms with Gasteiger partial charge in [-0.3, -0.25) is 0 Å². The van der Waals surface area contributed by atoms with E-state index in [4.69, 9.17) is 10.8 Å². The first-order valence-corrected chi connectivity index (χ1v) is 6.73. The van der Waals surface area contributed by atoms with Crippen LogP contribution in [0, 0.1) is 5.92 Å². The molecule has 5 heteroatoms. The van der Waals surface area contributed by atoms with E-state index in [1.807, 2.05) is 24.3 Å². The van der Waals surface area contributed by atoms with E-state index >= 15 is 0 Å². The molecule has 1 aliphatic carbocycles. The number of para-hydroxylation sites is 2. The number of nitrogen functional groups attached to an aromatic ring is 1. The van der Waals surface area contributed by atoms with Crippen molar-refractivity contribution in [2.24, 2.45) is 5.92 Å². The van der Waals surface area contributed by atoms with Crippen molar-refractivity contribution in [2.45, 2.75) is 31.7 Å². The Balaban J connectivity index is 1.74. The third-order valence-corrected chi connectivity index (χ3v) is 3.72. The molecule has 0 saturated heterocycles. The zero-order valence-electron chi connectivity index (χ0n) is 10.9. The number of amides is 1. The molecule has 0 heterocycles. The number of rotatable bonds is 4. The highest BCUT2D eigenvalue weighted by Gasteiger charge is 2.22. The minimum atomic E-state index is -0.918. The van der Waals surface area contributed by atoms with Crippen LogP contribution in [0.25, 0.3) is 0 Å². The second-order valence-corrected chi connectivity index (χ2v) is 5.14. The van der Waals surface area contributed by atoms with E-state index in [0.717, 1.165) is 43.6 Å². The second kappa shape index (κ2) is 6.31. The minimum absolute atomic E-state index is 0.121. The van der Waals surface area contributed by atoms with E-state index in [1.165, 1.54) is 0 Å². The molecule has 104 valence electrons. The van der Waals surface area contributed by atoms with Crippen LogP contribution in [-0.2, 0) is 0 Å². The molecule has 0 bridgehead atoms. The SMILES string of the molecule is Nc1ccccc1NCC1CCC(NC(=O)O)CC1. The fourth-order valence-electron chi connectivity index (χ4n) is 2.60. The van der Waals surface area contributed by atoms with Crippen molar-refractivity contribution in [3.05, 3.63) is 24.3 Å². The molecule has 5 N–H and O–H groups in total. The van der Waals surface area contributed by atoms with Crippen LogP contribution in [0.2, 0.25) is 0 Å². The van der Waals surface area contributed by atoms with Gasteiger partial charge in [-0.1, -0.05) is 12.1 Å². The normalized spacial score (nSPS) is 22.7. The third-order valence-electron chi connectivity index (χ3n) is 3.72. The molecule has 1 aromatic rings. The zero-order valence-corrected chi connectivity index (χ0v) is 10.9. The predicted molar refractivity (Wildman–Crippen MR) is 76.3 cm³/mol. The molecule has 0 atom stereocenters. The number of carbonyl (C=O) groups is 1. The van der Waals surface area contributed by atoms with E-state index in [-0.39, 0.29) is 6.04 Å². The lowest BCUT2D eigenvalue weighted by molar-refractivity contribution is 0.183.